The third kappa shape index (κ3) is 3.65. The van der Waals surface area contributed by atoms with E-state index in [0.717, 1.165) is 44.9 Å². The molecular formula is C24H32O2. The monoisotopic (exact) mass is 352 g/mol. The van der Waals surface area contributed by atoms with Crippen molar-refractivity contribution < 1.29 is 9.53 Å². The Balaban J connectivity index is 1.96. The zero-order valence-electron chi connectivity index (χ0n) is 16.5. The maximum Gasteiger partial charge on any atom is 0.312 e. The van der Waals surface area contributed by atoms with Crippen LogP contribution in [0.25, 0.3) is 10.8 Å². The first kappa shape index (κ1) is 18.9. The first-order valence-corrected chi connectivity index (χ1v) is 10.3. The van der Waals surface area contributed by atoms with Crippen molar-refractivity contribution in [3.63, 3.8) is 0 Å². The number of carbonyl (C=O) groups is 1. The lowest BCUT2D eigenvalue weighted by Crippen LogP contribution is -2.40. The van der Waals surface area contributed by atoms with Crippen molar-refractivity contribution in [3.8, 4) is 0 Å². The van der Waals surface area contributed by atoms with E-state index in [1.54, 1.807) is 0 Å². The minimum Gasteiger partial charge on any atom is -0.454 e. The zero-order chi connectivity index (χ0) is 18.6. The number of ether oxygens (including phenoxy) is 1. The predicted molar refractivity (Wildman–Crippen MR) is 108 cm³/mol. The molecular weight excluding hydrogens is 320 g/mol. The van der Waals surface area contributed by atoms with Gasteiger partial charge in [-0.2, -0.15) is 0 Å². The average Bonchev–Trinajstić information content (AvgIpc) is 2.68. The second-order valence-electron chi connectivity index (χ2n) is 8.17. The van der Waals surface area contributed by atoms with Gasteiger partial charge in [0.2, 0.25) is 0 Å². The molecule has 140 valence electrons. The van der Waals surface area contributed by atoms with E-state index >= 15 is 0 Å². The van der Waals surface area contributed by atoms with Crippen molar-refractivity contribution in [3.05, 3.63) is 48.0 Å². The molecule has 1 fully saturated rings. The second kappa shape index (κ2) is 7.82. The van der Waals surface area contributed by atoms with Crippen molar-refractivity contribution in [1.29, 1.82) is 0 Å². The lowest BCUT2D eigenvalue weighted by molar-refractivity contribution is -0.177. The largest absolute Gasteiger partial charge is 0.454 e. The number of hydrogen-bond acceptors (Lipinski definition) is 2. The first-order chi connectivity index (χ1) is 12.5. The van der Waals surface area contributed by atoms with E-state index in [-0.39, 0.29) is 11.4 Å². The third-order valence-electron chi connectivity index (χ3n) is 6.30. The van der Waals surface area contributed by atoms with Gasteiger partial charge in [0, 0.05) is 0 Å². The van der Waals surface area contributed by atoms with Gasteiger partial charge >= 0.3 is 5.97 Å². The summed E-state index contributed by atoms with van der Waals surface area (Å²) in [5.74, 6) is -0.0168. The fraction of sp³-hybridized carbons (Fsp3) is 0.542. The Morgan fingerprint density at radius 2 is 1.73 bits per heavy atom. The predicted octanol–water partition coefficient (Wildman–Crippen LogP) is 6.76. The molecule has 0 amide bonds. The summed E-state index contributed by atoms with van der Waals surface area (Å²) in [6, 6.07) is 15.0. The standard InChI is InChI=1S/C24H32O2/c1-4-15-23(3,5-2)22(25)26-24(16-9-6-10-17-24)21-14-13-19-11-7-8-12-20(19)18-21/h7-8,11-14,18H,4-6,9-10,15-17H2,1-3H3. The zero-order valence-corrected chi connectivity index (χ0v) is 16.5. The molecule has 26 heavy (non-hydrogen) atoms. The molecule has 1 atom stereocenters. The Morgan fingerprint density at radius 1 is 1.04 bits per heavy atom. The molecule has 1 aliphatic rings. The van der Waals surface area contributed by atoms with Crippen molar-refractivity contribution >= 4 is 16.7 Å². The Kier molecular flexibility index (Phi) is 5.70. The molecule has 0 bridgehead atoms. The molecule has 2 nitrogen and oxygen atoms in total. The van der Waals surface area contributed by atoms with Crippen LogP contribution in [0.3, 0.4) is 0 Å². The summed E-state index contributed by atoms with van der Waals surface area (Å²) < 4.78 is 6.38. The van der Waals surface area contributed by atoms with Gasteiger partial charge in [0.25, 0.3) is 0 Å². The maximum absolute atomic E-state index is 13.2. The molecule has 1 unspecified atom stereocenters. The highest BCUT2D eigenvalue weighted by molar-refractivity contribution is 5.83. The van der Waals surface area contributed by atoms with E-state index in [9.17, 15) is 4.79 Å². The molecule has 2 aromatic rings. The minimum atomic E-state index is -0.455. The molecule has 0 aromatic heterocycles. The molecule has 0 saturated heterocycles. The van der Waals surface area contributed by atoms with Gasteiger partial charge in [-0.05, 0) is 67.9 Å². The number of hydrogen-bond donors (Lipinski definition) is 0. The van der Waals surface area contributed by atoms with Gasteiger partial charge in [-0.3, -0.25) is 4.79 Å². The Morgan fingerprint density at radius 3 is 2.38 bits per heavy atom. The van der Waals surface area contributed by atoms with Crippen LogP contribution in [-0.2, 0) is 15.1 Å². The van der Waals surface area contributed by atoms with Crippen LogP contribution in [-0.4, -0.2) is 5.97 Å². The van der Waals surface area contributed by atoms with Crippen LogP contribution >= 0.6 is 0 Å². The van der Waals surface area contributed by atoms with E-state index in [1.165, 1.54) is 22.8 Å². The number of fused-ring (bicyclic) bond motifs is 1. The van der Waals surface area contributed by atoms with Crippen LogP contribution < -0.4 is 0 Å². The summed E-state index contributed by atoms with van der Waals surface area (Å²) >= 11 is 0. The quantitative estimate of drug-likeness (QED) is 0.537. The summed E-state index contributed by atoms with van der Waals surface area (Å²) in [6.07, 6.45) is 8.05. The summed E-state index contributed by atoms with van der Waals surface area (Å²) in [4.78, 5) is 13.2. The molecule has 0 heterocycles. The van der Waals surface area contributed by atoms with Gasteiger partial charge in [0.15, 0.2) is 0 Å². The molecule has 1 aliphatic carbocycles. The summed E-state index contributed by atoms with van der Waals surface area (Å²) in [7, 11) is 0. The van der Waals surface area contributed by atoms with Gasteiger partial charge in [-0.15, -0.1) is 0 Å². The van der Waals surface area contributed by atoms with E-state index < -0.39 is 5.60 Å². The van der Waals surface area contributed by atoms with Crippen LogP contribution in [0.5, 0.6) is 0 Å². The molecule has 2 heteroatoms. The molecule has 0 radical (unpaired) electrons. The lowest BCUT2D eigenvalue weighted by Gasteiger charge is -2.40. The number of carbonyl (C=O) groups excluding carboxylic acids is 1. The maximum atomic E-state index is 13.2. The third-order valence-corrected chi connectivity index (χ3v) is 6.30. The van der Waals surface area contributed by atoms with Crippen LogP contribution in [0.2, 0.25) is 0 Å². The van der Waals surface area contributed by atoms with E-state index in [4.69, 9.17) is 4.74 Å². The van der Waals surface area contributed by atoms with Crippen LogP contribution in [0, 0.1) is 5.41 Å². The van der Waals surface area contributed by atoms with Crippen molar-refractivity contribution in [1.82, 2.24) is 0 Å². The van der Waals surface area contributed by atoms with Crippen molar-refractivity contribution in [2.24, 2.45) is 5.41 Å². The molecule has 2 aromatic carbocycles. The van der Waals surface area contributed by atoms with Gasteiger partial charge in [0.05, 0.1) is 5.41 Å². The van der Waals surface area contributed by atoms with Crippen LogP contribution in [0.15, 0.2) is 42.5 Å². The molecule has 1 saturated carbocycles. The topological polar surface area (TPSA) is 26.3 Å². The summed E-state index contributed by atoms with van der Waals surface area (Å²) in [6.45, 7) is 6.30. The summed E-state index contributed by atoms with van der Waals surface area (Å²) in [5.41, 5.74) is 0.332. The van der Waals surface area contributed by atoms with Crippen molar-refractivity contribution in [2.75, 3.05) is 0 Å². The fourth-order valence-corrected chi connectivity index (χ4v) is 4.32. The second-order valence-corrected chi connectivity index (χ2v) is 8.17. The van der Waals surface area contributed by atoms with Gasteiger partial charge < -0.3 is 4.74 Å². The smallest absolute Gasteiger partial charge is 0.312 e. The van der Waals surface area contributed by atoms with Gasteiger partial charge in [-0.1, -0.05) is 63.1 Å². The molecule has 3 rings (SSSR count). The Labute approximate surface area is 157 Å². The number of esters is 1. The number of rotatable bonds is 6. The molecule has 0 spiro atoms. The van der Waals surface area contributed by atoms with Gasteiger partial charge in [0.1, 0.15) is 5.60 Å². The van der Waals surface area contributed by atoms with Crippen LogP contribution in [0.4, 0.5) is 0 Å². The number of benzene rings is 2. The van der Waals surface area contributed by atoms with E-state index in [2.05, 4.69) is 63.2 Å². The van der Waals surface area contributed by atoms with E-state index in [1.807, 2.05) is 0 Å². The highest BCUT2D eigenvalue weighted by atomic mass is 16.6. The van der Waals surface area contributed by atoms with E-state index in [0.29, 0.717) is 0 Å². The Hall–Kier alpha value is -1.83. The fourth-order valence-electron chi connectivity index (χ4n) is 4.32. The Bertz CT molecular complexity index is 758. The average molecular weight is 353 g/mol. The SMILES string of the molecule is CCCC(C)(CC)C(=O)OC1(c2ccc3ccccc3c2)CCCCC1. The normalized spacial score (nSPS) is 19.0. The van der Waals surface area contributed by atoms with Gasteiger partial charge in [-0.25, -0.2) is 0 Å². The molecule has 0 aliphatic heterocycles. The summed E-state index contributed by atoms with van der Waals surface area (Å²) in [5, 5.41) is 2.45. The molecule has 0 N–H and O–H groups in total. The highest BCUT2D eigenvalue weighted by Gasteiger charge is 2.42. The van der Waals surface area contributed by atoms with Crippen molar-refractivity contribution in [2.45, 2.75) is 77.7 Å². The first-order valence-electron chi connectivity index (χ1n) is 10.3. The lowest BCUT2D eigenvalue weighted by atomic mass is 9.77. The highest BCUT2D eigenvalue weighted by Crippen LogP contribution is 2.44. The minimum absolute atomic E-state index is 0.0168. The van der Waals surface area contributed by atoms with Crippen LogP contribution in [0.1, 0.15) is 77.7 Å².